The average Bonchev–Trinajstić information content (AvgIpc) is 2.62. The highest BCUT2D eigenvalue weighted by molar-refractivity contribution is 6.32. The third kappa shape index (κ3) is 3.94. The van der Waals surface area contributed by atoms with Crippen LogP contribution >= 0.6 is 11.6 Å². The summed E-state index contributed by atoms with van der Waals surface area (Å²) in [6, 6.07) is 8.22. The summed E-state index contributed by atoms with van der Waals surface area (Å²) in [5.41, 5.74) is 1.48. The molecule has 0 amide bonds. The lowest BCUT2D eigenvalue weighted by Crippen LogP contribution is -2.09. The molecular weight excluding hydrogens is 347 g/mol. The predicted molar refractivity (Wildman–Crippen MR) is 92.9 cm³/mol. The van der Waals surface area contributed by atoms with Crippen molar-refractivity contribution in [2.75, 3.05) is 13.2 Å². The number of aldehydes is 1. The number of halogens is 2. The molecule has 6 heteroatoms. The van der Waals surface area contributed by atoms with Crippen LogP contribution in [0.3, 0.4) is 0 Å². The highest BCUT2D eigenvalue weighted by Gasteiger charge is 2.17. The van der Waals surface area contributed by atoms with Crippen molar-refractivity contribution in [1.82, 2.24) is 0 Å². The van der Waals surface area contributed by atoms with Gasteiger partial charge in [-0.25, -0.2) is 4.39 Å². The summed E-state index contributed by atoms with van der Waals surface area (Å²) >= 11 is 6.14. The average molecular weight is 363 g/mol. The molecule has 0 aliphatic carbocycles. The fourth-order valence-electron chi connectivity index (χ4n) is 2.44. The molecule has 25 heavy (non-hydrogen) atoms. The van der Waals surface area contributed by atoms with E-state index in [0.717, 1.165) is 5.56 Å². The zero-order valence-electron chi connectivity index (χ0n) is 13.6. The summed E-state index contributed by atoms with van der Waals surface area (Å²) in [6.07, 6.45) is 2.14. The normalized spacial score (nSPS) is 12.7. The van der Waals surface area contributed by atoms with Gasteiger partial charge in [0.2, 0.25) is 0 Å². The summed E-state index contributed by atoms with van der Waals surface area (Å²) in [4.78, 5) is 10.8. The number of hydrogen-bond acceptors (Lipinski definition) is 4. The van der Waals surface area contributed by atoms with E-state index in [2.05, 4.69) is 0 Å². The minimum Gasteiger partial charge on any atom is -0.492 e. The van der Waals surface area contributed by atoms with Crippen molar-refractivity contribution >= 4 is 24.0 Å². The van der Waals surface area contributed by atoms with E-state index in [-0.39, 0.29) is 18.8 Å². The zero-order chi connectivity index (χ0) is 17.8. The molecule has 0 radical (unpaired) electrons. The molecule has 0 unspecified atom stereocenters. The highest BCUT2D eigenvalue weighted by atomic mass is 35.5. The summed E-state index contributed by atoms with van der Waals surface area (Å²) < 4.78 is 30.6. The molecule has 0 bridgehead atoms. The lowest BCUT2D eigenvalue weighted by Gasteiger charge is -2.17. The van der Waals surface area contributed by atoms with Gasteiger partial charge in [-0.3, -0.25) is 4.79 Å². The van der Waals surface area contributed by atoms with Gasteiger partial charge in [-0.15, -0.1) is 0 Å². The van der Waals surface area contributed by atoms with Gasteiger partial charge in [0, 0.05) is 17.7 Å². The Kier molecular flexibility index (Phi) is 5.24. The Hall–Kier alpha value is -2.53. The first-order valence-electron chi connectivity index (χ1n) is 7.77. The number of carbonyl (C=O) groups is 1. The van der Waals surface area contributed by atoms with Gasteiger partial charge in [0.15, 0.2) is 0 Å². The second-order valence-corrected chi connectivity index (χ2v) is 5.84. The minimum absolute atomic E-state index is 0.119. The van der Waals surface area contributed by atoms with Crippen molar-refractivity contribution in [2.24, 2.45) is 0 Å². The first-order chi connectivity index (χ1) is 12.1. The first kappa shape index (κ1) is 17.3. The van der Waals surface area contributed by atoms with Gasteiger partial charge in [-0.2, -0.15) is 0 Å². The summed E-state index contributed by atoms with van der Waals surface area (Å²) in [7, 11) is 0. The molecule has 0 spiro atoms. The van der Waals surface area contributed by atoms with E-state index < -0.39 is 5.82 Å². The first-order valence-corrected chi connectivity index (χ1v) is 8.14. The molecule has 0 saturated heterocycles. The number of rotatable bonds is 6. The maximum Gasteiger partial charge on any atom is 0.149 e. The molecule has 2 aromatic carbocycles. The Bertz CT molecular complexity index is 832. The Morgan fingerprint density at radius 3 is 2.84 bits per heavy atom. The molecule has 0 atom stereocenters. The molecule has 1 aliphatic rings. The molecule has 0 aromatic heterocycles. The third-order valence-electron chi connectivity index (χ3n) is 3.64. The lowest BCUT2D eigenvalue weighted by atomic mass is 10.1. The van der Waals surface area contributed by atoms with E-state index in [1.807, 2.05) is 13.0 Å². The zero-order valence-corrected chi connectivity index (χ0v) is 14.3. The Labute approximate surface area is 149 Å². The monoisotopic (exact) mass is 362 g/mol. The predicted octanol–water partition coefficient (Wildman–Crippen LogP) is 4.43. The summed E-state index contributed by atoms with van der Waals surface area (Å²) in [5, 5.41) is 0.495. The van der Waals surface area contributed by atoms with Gasteiger partial charge in [-0.1, -0.05) is 17.7 Å². The topological polar surface area (TPSA) is 44.8 Å². The van der Waals surface area contributed by atoms with Crippen molar-refractivity contribution in [2.45, 2.75) is 13.5 Å². The molecule has 0 fully saturated rings. The molecule has 1 aliphatic heterocycles. The molecule has 4 nitrogen and oxygen atoms in total. The van der Waals surface area contributed by atoms with Crippen molar-refractivity contribution in [3.05, 3.63) is 57.9 Å². The van der Waals surface area contributed by atoms with Crippen LogP contribution in [0.5, 0.6) is 17.2 Å². The van der Waals surface area contributed by atoms with Gasteiger partial charge >= 0.3 is 0 Å². The summed E-state index contributed by atoms with van der Waals surface area (Å²) in [5.74, 6) is 0.796. The maximum absolute atomic E-state index is 14.2. The van der Waals surface area contributed by atoms with Crippen LogP contribution in [0.4, 0.5) is 4.39 Å². The SMILES string of the molecule is CCOc1ccc(COc2cc(F)c3c(c2)OCC(C=O)=C3)cc1Cl. The van der Waals surface area contributed by atoms with Crippen LogP contribution in [0.25, 0.3) is 6.08 Å². The van der Waals surface area contributed by atoms with Crippen LogP contribution in [0.1, 0.15) is 18.1 Å². The van der Waals surface area contributed by atoms with E-state index in [1.165, 1.54) is 12.1 Å². The second-order valence-electron chi connectivity index (χ2n) is 5.43. The van der Waals surface area contributed by atoms with Crippen LogP contribution in [0, 0.1) is 5.82 Å². The van der Waals surface area contributed by atoms with Crippen LogP contribution in [-0.4, -0.2) is 19.5 Å². The number of benzene rings is 2. The number of carbonyl (C=O) groups excluding carboxylic acids is 1. The van der Waals surface area contributed by atoms with Gasteiger partial charge in [0.1, 0.15) is 42.6 Å². The fraction of sp³-hybridized carbons (Fsp3) is 0.211. The van der Waals surface area contributed by atoms with Crippen molar-refractivity contribution in [1.29, 1.82) is 0 Å². The molecule has 0 N–H and O–H groups in total. The lowest BCUT2D eigenvalue weighted by molar-refractivity contribution is -0.105. The molecule has 3 rings (SSSR count). The second kappa shape index (κ2) is 7.57. The van der Waals surface area contributed by atoms with Crippen LogP contribution in [0.15, 0.2) is 35.9 Å². The van der Waals surface area contributed by atoms with E-state index in [0.29, 0.717) is 40.7 Å². The van der Waals surface area contributed by atoms with E-state index >= 15 is 0 Å². The number of hydrogen-bond donors (Lipinski definition) is 0. The van der Waals surface area contributed by atoms with Gasteiger partial charge in [0.05, 0.1) is 17.2 Å². The minimum atomic E-state index is -0.503. The van der Waals surface area contributed by atoms with Crippen molar-refractivity contribution < 1.29 is 23.4 Å². The highest BCUT2D eigenvalue weighted by Crippen LogP contribution is 2.33. The standard InChI is InChI=1S/C19H16ClFO4/c1-2-23-18-4-3-12(6-16(18)20)10-24-14-7-17(21)15-5-13(9-22)11-25-19(15)8-14/h3-9H,2,10-11H2,1H3. The van der Waals surface area contributed by atoms with Gasteiger partial charge in [-0.05, 0) is 30.7 Å². The van der Waals surface area contributed by atoms with Crippen LogP contribution in [0.2, 0.25) is 5.02 Å². The third-order valence-corrected chi connectivity index (χ3v) is 3.94. The van der Waals surface area contributed by atoms with Gasteiger partial charge < -0.3 is 14.2 Å². The van der Waals surface area contributed by atoms with Crippen LogP contribution < -0.4 is 14.2 Å². The van der Waals surface area contributed by atoms with Crippen molar-refractivity contribution in [3.8, 4) is 17.2 Å². The Morgan fingerprint density at radius 2 is 2.12 bits per heavy atom. The molecular formula is C19H16ClFO4. The van der Waals surface area contributed by atoms with E-state index in [9.17, 15) is 9.18 Å². The smallest absolute Gasteiger partial charge is 0.149 e. The number of ether oxygens (including phenoxy) is 3. The fourth-order valence-corrected chi connectivity index (χ4v) is 2.70. The molecule has 130 valence electrons. The Morgan fingerprint density at radius 1 is 1.28 bits per heavy atom. The van der Waals surface area contributed by atoms with E-state index in [1.54, 1.807) is 18.2 Å². The largest absolute Gasteiger partial charge is 0.492 e. The Balaban J connectivity index is 1.74. The van der Waals surface area contributed by atoms with E-state index in [4.69, 9.17) is 25.8 Å². The quantitative estimate of drug-likeness (QED) is 0.713. The summed E-state index contributed by atoms with van der Waals surface area (Å²) in [6.45, 7) is 2.76. The molecule has 0 saturated carbocycles. The molecule has 2 aromatic rings. The van der Waals surface area contributed by atoms with Crippen LogP contribution in [-0.2, 0) is 11.4 Å². The number of fused-ring (bicyclic) bond motifs is 1. The molecule has 1 heterocycles. The van der Waals surface area contributed by atoms with Gasteiger partial charge in [0.25, 0.3) is 0 Å². The van der Waals surface area contributed by atoms with Crippen molar-refractivity contribution in [3.63, 3.8) is 0 Å². The maximum atomic E-state index is 14.2.